The first kappa shape index (κ1) is 37.6. The van der Waals surface area contributed by atoms with Crippen LogP contribution in [-0.2, 0) is 43.2 Å². The van der Waals surface area contributed by atoms with Gasteiger partial charge in [-0.3, -0.25) is 0 Å². The maximum atomic E-state index is 14.9. The monoisotopic (exact) mass is 773 g/mol. The lowest BCUT2D eigenvalue weighted by atomic mass is 9.56. The standard InChI is InChI=1S/C45H59NO10/c1-26-17-19-34-28(3)36(48-39-44(34)32(26)21-23-42(5,51-39)53-55-44)25-37(49-41(47)46(30-13-9-7-10-14-30)31-15-11-8-12-16-31)38-29(4)35-20-18-27(2)33-22-24-43(6)52-40(50-38)45(33,35)56-54-43/h7-16,26-29,32-40H,17-25H2,1-6H3/t26-,27-,28-,29-,32+,33+,34+,35+,36-,37+,38?,39-,40-,42+,43+,44?,45?/m1/s1. The van der Waals surface area contributed by atoms with Crippen molar-refractivity contribution in [2.45, 2.75) is 153 Å². The number of benzene rings is 2. The molecule has 12 rings (SSSR count). The Morgan fingerprint density at radius 1 is 0.661 bits per heavy atom. The molecule has 0 radical (unpaired) electrons. The van der Waals surface area contributed by atoms with E-state index in [1.165, 1.54) is 0 Å². The highest BCUT2D eigenvalue weighted by Crippen LogP contribution is 2.63. The fraction of sp³-hybridized carbons (Fsp3) is 0.711. The Balaban J connectivity index is 1.02. The van der Waals surface area contributed by atoms with Gasteiger partial charge < -0.3 is 23.7 Å². The van der Waals surface area contributed by atoms with Gasteiger partial charge in [0.1, 0.15) is 12.2 Å². The second kappa shape index (κ2) is 13.7. The summed E-state index contributed by atoms with van der Waals surface area (Å²) in [4.78, 5) is 41.8. The Morgan fingerprint density at radius 3 is 1.70 bits per heavy atom. The Hall–Kier alpha value is -2.61. The number of carbonyl (C=O) groups is 1. The normalized spacial score (nSPS) is 48.1. The van der Waals surface area contributed by atoms with Crippen molar-refractivity contribution in [2.24, 2.45) is 47.3 Å². The van der Waals surface area contributed by atoms with E-state index in [0.717, 1.165) is 51.4 Å². The largest absolute Gasteiger partial charge is 0.443 e. The lowest BCUT2D eigenvalue weighted by molar-refractivity contribution is -0.573. The first-order valence-corrected chi connectivity index (χ1v) is 21.5. The maximum Gasteiger partial charge on any atom is 0.419 e. The van der Waals surface area contributed by atoms with E-state index in [1.807, 2.05) is 74.5 Å². The van der Waals surface area contributed by atoms with Gasteiger partial charge in [-0.25, -0.2) is 29.2 Å². The molecule has 3 unspecified atom stereocenters. The van der Waals surface area contributed by atoms with Crippen LogP contribution in [0.15, 0.2) is 60.7 Å². The van der Waals surface area contributed by atoms with Gasteiger partial charge in [0.2, 0.25) is 11.6 Å². The smallest absolute Gasteiger partial charge is 0.419 e. The molecule has 1 amide bonds. The SMILES string of the molecule is C[C@H]1[C@@H](C[C@H](OC(=O)N(c2ccccc2)c2ccccc2)C2O[C@@H]3O[C@]4(C)CC[C@H]5[C@H](C)CC[C@@H]([C@H]2C)C35OO4)O[C@@H]2O[C@]3(C)CC[C@H]4[C@H](C)CC[C@@H]1C24OO3. The molecular weight excluding hydrogens is 714 g/mol. The molecule has 2 aromatic rings. The number of hydrogen-bond donors (Lipinski definition) is 0. The van der Waals surface area contributed by atoms with E-state index in [9.17, 15) is 4.79 Å². The average molecular weight is 774 g/mol. The Morgan fingerprint density at radius 2 is 1.16 bits per heavy atom. The molecule has 8 heterocycles. The average Bonchev–Trinajstić information content (AvgIpc) is 3.57. The maximum absolute atomic E-state index is 14.9. The van der Waals surface area contributed by atoms with Crippen LogP contribution >= 0.6 is 0 Å². The highest BCUT2D eigenvalue weighted by Gasteiger charge is 2.72. The molecular formula is C45H59NO10. The third-order valence-electron chi connectivity index (χ3n) is 15.8. The van der Waals surface area contributed by atoms with E-state index in [0.29, 0.717) is 29.6 Å². The fourth-order valence-corrected chi connectivity index (χ4v) is 12.8. The van der Waals surface area contributed by atoms with E-state index in [2.05, 4.69) is 27.7 Å². The quantitative estimate of drug-likeness (QED) is 0.264. The van der Waals surface area contributed by atoms with Gasteiger partial charge in [0.05, 0.1) is 17.5 Å². The summed E-state index contributed by atoms with van der Waals surface area (Å²) < 4.78 is 34.8. The molecule has 2 spiro atoms. The number of ether oxygens (including phenoxy) is 5. The molecule has 56 heavy (non-hydrogen) atoms. The Bertz CT molecular complexity index is 1730. The Labute approximate surface area is 330 Å². The zero-order valence-corrected chi connectivity index (χ0v) is 33.7. The van der Waals surface area contributed by atoms with Gasteiger partial charge in [0.25, 0.3) is 0 Å². The van der Waals surface area contributed by atoms with Crippen LogP contribution in [0, 0.1) is 47.3 Å². The second-order valence-corrected chi connectivity index (χ2v) is 19.0. The predicted octanol–water partition coefficient (Wildman–Crippen LogP) is 9.22. The summed E-state index contributed by atoms with van der Waals surface area (Å²) in [7, 11) is 0. The number of anilines is 2. The zero-order chi connectivity index (χ0) is 38.6. The van der Waals surface area contributed by atoms with Crippen LogP contribution in [0.5, 0.6) is 0 Å². The molecule has 2 aliphatic carbocycles. The lowest BCUT2D eigenvalue weighted by Gasteiger charge is -2.62. The van der Waals surface area contributed by atoms with Gasteiger partial charge in [-0.05, 0) is 112 Å². The number of carbonyl (C=O) groups excluding carboxylic acids is 1. The van der Waals surface area contributed by atoms with E-state index in [-0.39, 0.29) is 41.6 Å². The molecule has 17 atom stereocenters. The molecule has 304 valence electrons. The molecule has 8 aliphatic heterocycles. The number of nitrogens with zero attached hydrogens (tertiary/aromatic N) is 1. The second-order valence-electron chi connectivity index (χ2n) is 19.0. The lowest BCUT2D eigenvalue weighted by Crippen LogP contribution is -2.72. The van der Waals surface area contributed by atoms with Crippen LogP contribution in [0.25, 0.3) is 0 Å². The predicted molar refractivity (Wildman–Crippen MR) is 204 cm³/mol. The summed E-state index contributed by atoms with van der Waals surface area (Å²) in [6.07, 6.45) is 4.58. The van der Waals surface area contributed by atoms with Gasteiger partial charge in [0.15, 0.2) is 23.8 Å². The number of rotatable bonds is 6. The molecule has 11 nitrogen and oxygen atoms in total. The Kier molecular flexibility index (Phi) is 9.23. The number of amides is 1. The topological polar surface area (TPSA) is 103 Å². The third kappa shape index (κ3) is 5.69. The molecule has 10 fully saturated rings. The van der Waals surface area contributed by atoms with Crippen LogP contribution in [0.4, 0.5) is 16.2 Å². The van der Waals surface area contributed by atoms with Crippen LogP contribution in [0.2, 0.25) is 0 Å². The molecule has 10 aliphatic rings. The van der Waals surface area contributed by atoms with Crippen molar-refractivity contribution in [3.05, 3.63) is 60.7 Å². The molecule has 0 N–H and O–H groups in total. The van der Waals surface area contributed by atoms with Crippen molar-refractivity contribution in [1.29, 1.82) is 0 Å². The highest BCUT2D eigenvalue weighted by molar-refractivity contribution is 5.96. The van der Waals surface area contributed by atoms with E-state index >= 15 is 0 Å². The third-order valence-corrected chi connectivity index (χ3v) is 15.8. The van der Waals surface area contributed by atoms with Gasteiger partial charge in [-0.15, -0.1) is 0 Å². The molecule has 11 heteroatoms. The van der Waals surface area contributed by atoms with Gasteiger partial charge in [-0.2, -0.15) is 0 Å². The van der Waals surface area contributed by atoms with Gasteiger partial charge in [0, 0.05) is 31.1 Å². The minimum atomic E-state index is -0.926. The molecule has 2 aromatic carbocycles. The van der Waals surface area contributed by atoms with Crippen LogP contribution in [0.3, 0.4) is 0 Å². The van der Waals surface area contributed by atoms with E-state index < -0.39 is 53.7 Å². The number of hydrogen-bond acceptors (Lipinski definition) is 10. The van der Waals surface area contributed by atoms with E-state index in [4.69, 9.17) is 43.2 Å². The number of para-hydroxylation sites is 2. The number of fused-ring (bicyclic) bond motifs is 4. The molecule has 4 bridgehead atoms. The summed E-state index contributed by atoms with van der Waals surface area (Å²) >= 11 is 0. The molecule has 2 saturated carbocycles. The highest BCUT2D eigenvalue weighted by atomic mass is 17.3. The van der Waals surface area contributed by atoms with Crippen molar-refractivity contribution in [3.63, 3.8) is 0 Å². The fourth-order valence-electron chi connectivity index (χ4n) is 12.8. The van der Waals surface area contributed by atoms with Crippen LogP contribution in [0.1, 0.15) is 99.3 Å². The van der Waals surface area contributed by atoms with Crippen LogP contribution in [-0.4, -0.2) is 59.8 Å². The van der Waals surface area contributed by atoms with E-state index in [1.54, 1.807) is 4.90 Å². The van der Waals surface area contributed by atoms with Crippen molar-refractivity contribution >= 4 is 17.5 Å². The minimum Gasteiger partial charge on any atom is -0.443 e. The van der Waals surface area contributed by atoms with Gasteiger partial charge >= 0.3 is 6.09 Å². The van der Waals surface area contributed by atoms with Crippen molar-refractivity contribution in [1.82, 2.24) is 0 Å². The first-order valence-electron chi connectivity index (χ1n) is 21.5. The van der Waals surface area contributed by atoms with Crippen molar-refractivity contribution in [2.75, 3.05) is 4.90 Å². The summed E-state index contributed by atoms with van der Waals surface area (Å²) in [5.41, 5.74) is -0.00748. The summed E-state index contributed by atoms with van der Waals surface area (Å²) in [6.45, 7) is 13.1. The van der Waals surface area contributed by atoms with Crippen molar-refractivity contribution in [3.8, 4) is 0 Å². The first-order chi connectivity index (χ1) is 26.9. The summed E-state index contributed by atoms with van der Waals surface area (Å²) in [5.74, 6) is -0.249. The molecule has 8 saturated heterocycles. The van der Waals surface area contributed by atoms with Crippen molar-refractivity contribution < 1.29 is 48.0 Å². The van der Waals surface area contributed by atoms with Crippen LogP contribution < -0.4 is 4.90 Å². The summed E-state index contributed by atoms with van der Waals surface area (Å²) in [6, 6.07) is 19.3. The van der Waals surface area contributed by atoms with Gasteiger partial charge in [-0.1, -0.05) is 64.1 Å². The minimum absolute atomic E-state index is 0.0541. The zero-order valence-electron chi connectivity index (χ0n) is 33.7. The molecule has 0 aromatic heterocycles. The summed E-state index contributed by atoms with van der Waals surface area (Å²) in [5, 5.41) is 0.